The van der Waals surface area contributed by atoms with Crippen LogP contribution in [0.1, 0.15) is 19.4 Å². The van der Waals surface area contributed by atoms with E-state index in [1.807, 2.05) is 48.5 Å². The molecule has 2 aromatic rings. The highest BCUT2D eigenvalue weighted by molar-refractivity contribution is 5.85. The van der Waals surface area contributed by atoms with Gasteiger partial charge in [-0.15, -0.1) is 0 Å². The van der Waals surface area contributed by atoms with Crippen molar-refractivity contribution in [3.8, 4) is 6.07 Å². The van der Waals surface area contributed by atoms with Gasteiger partial charge in [-0.2, -0.15) is 5.26 Å². The van der Waals surface area contributed by atoms with Crippen LogP contribution in [-0.2, 0) is 20.7 Å². The number of carbonyl (C=O) groups excluding carboxylic acids is 2. The molecule has 0 saturated heterocycles. The molecule has 0 radical (unpaired) electrons. The Morgan fingerprint density at radius 3 is 2.52 bits per heavy atom. The highest BCUT2D eigenvalue weighted by atomic mass is 16.5. The number of amides is 1. The minimum absolute atomic E-state index is 0.128. The van der Waals surface area contributed by atoms with Crippen LogP contribution in [0.15, 0.2) is 42.5 Å². The predicted octanol–water partition coefficient (Wildman–Crippen LogP) is 2.84. The summed E-state index contributed by atoms with van der Waals surface area (Å²) in [6.07, 6.45) is 0.449. The molecular formula is C20H22N2O3. The molecule has 0 heterocycles. The third kappa shape index (κ3) is 4.57. The molecule has 0 aliphatic carbocycles. The van der Waals surface area contributed by atoms with Crippen molar-refractivity contribution in [3.05, 3.63) is 48.0 Å². The van der Waals surface area contributed by atoms with E-state index in [-0.39, 0.29) is 12.5 Å². The smallest absolute Gasteiger partial charge is 0.310 e. The molecule has 25 heavy (non-hydrogen) atoms. The molecule has 0 fully saturated rings. The normalized spacial score (nSPS) is 12.2. The number of rotatable bonds is 6. The van der Waals surface area contributed by atoms with E-state index < -0.39 is 17.2 Å². The van der Waals surface area contributed by atoms with E-state index in [2.05, 4.69) is 5.32 Å². The summed E-state index contributed by atoms with van der Waals surface area (Å²) in [6, 6.07) is 16.0. The number of benzene rings is 2. The Bertz CT molecular complexity index is 821. The fourth-order valence-corrected chi connectivity index (χ4v) is 2.54. The van der Waals surface area contributed by atoms with Crippen LogP contribution in [0, 0.1) is 22.7 Å². The first kappa shape index (κ1) is 18.5. The molecule has 5 heteroatoms. The Morgan fingerprint density at radius 2 is 1.88 bits per heavy atom. The van der Waals surface area contributed by atoms with Gasteiger partial charge in [-0.05, 0) is 36.6 Å². The number of nitrogens with one attached hydrogen (secondary N) is 1. The molecule has 0 saturated carbocycles. The third-order valence-electron chi connectivity index (χ3n) is 4.19. The van der Waals surface area contributed by atoms with E-state index in [0.717, 1.165) is 16.3 Å². The van der Waals surface area contributed by atoms with Crippen LogP contribution < -0.4 is 5.32 Å². The molecule has 130 valence electrons. The van der Waals surface area contributed by atoms with Gasteiger partial charge in [0.1, 0.15) is 5.41 Å². The minimum Gasteiger partial charge on any atom is -0.469 e. The van der Waals surface area contributed by atoms with Crippen LogP contribution in [0.3, 0.4) is 0 Å². The number of methoxy groups -OCH3 is 1. The van der Waals surface area contributed by atoms with E-state index >= 15 is 0 Å². The van der Waals surface area contributed by atoms with Crippen molar-refractivity contribution in [1.29, 1.82) is 5.26 Å². The van der Waals surface area contributed by atoms with Gasteiger partial charge < -0.3 is 10.1 Å². The highest BCUT2D eigenvalue weighted by Crippen LogP contribution is 2.19. The average molecular weight is 338 g/mol. The van der Waals surface area contributed by atoms with Crippen LogP contribution in [0.5, 0.6) is 0 Å². The summed E-state index contributed by atoms with van der Waals surface area (Å²) in [7, 11) is 1.33. The zero-order valence-corrected chi connectivity index (χ0v) is 14.7. The van der Waals surface area contributed by atoms with Crippen molar-refractivity contribution in [1.82, 2.24) is 5.32 Å². The Balaban J connectivity index is 2.13. The van der Waals surface area contributed by atoms with Gasteiger partial charge in [-0.25, -0.2) is 0 Å². The number of nitrogens with zero attached hydrogens (tertiary/aromatic N) is 1. The van der Waals surface area contributed by atoms with Gasteiger partial charge >= 0.3 is 5.97 Å². The van der Waals surface area contributed by atoms with Crippen molar-refractivity contribution in [3.63, 3.8) is 0 Å². The van der Waals surface area contributed by atoms with E-state index in [1.54, 1.807) is 13.8 Å². The molecular weight excluding hydrogens is 316 g/mol. The fraction of sp³-hybridized carbons (Fsp3) is 0.350. The maximum absolute atomic E-state index is 12.1. The lowest BCUT2D eigenvalue weighted by molar-refractivity contribution is -0.145. The number of esters is 1. The molecule has 2 aromatic carbocycles. The quantitative estimate of drug-likeness (QED) is 0.822. The predicted molar refractivity (Wildman–Crippen MR) is 95.6 cm³/mol. The number of hydrogen-bond donors (Lipinski definition) is 1. The molecule has 1 amide bonds. The molecule has 1 atom stereocenters. The molecule has 1 unspecified atom stereocenters. The minimum atomic E-state index is -1.14. The lowest BCUT2D eigenvalue weighted by atomic mass is 9.93. The number of fused-ring (bicyclic) bond motifs is 1. The molecule has 0 bridgehead atoms. The molecule has 0 spiro atoms. The third-order valence-corrected chi connectivity index (χ3v) is 4.19. The number of carbonyl (C=O) groups is 2. The second-order valence-electron chi connectivity index (χ2n) is 6.55. The van der Waals surface area contributed by atoms with Crippen LogP contribution in [0.2, 0.25) is 0 Å². The van der Waals surface area contributed by atoms with Crippen molar-refractivity contribution >= 4 is 22.6 Å². The molecule has 0 aliphatic heterocycles. The van der Waals surface area contributed by atoms with Gasteiger partial charge in [0.15, 0.2) is 0 Å². The summed E-state index contributed by atoms with van der Waals surface area (Å²) >= 11 is 0. The van der Waals surface area contributed by atoms with Gasteiger partial charge in [-0.1, -0.05) is 42.5 Å². The monoisotopic (exact) mass is 338 g/mol. The lowest BCUT2D eigenvalue weighted by Crippen LogP contribution is -2.41. The first-order valence-electron chi connectivity index (χ1n) is 8.12. The van der Waals surface area contributed by atoms with Crippen LogP contribution >= 0.6 is 0 Å². The Hall–Kier alpha value is -2.87. The Kier molecular flexibility index (Phi) is 5.76. The van der Waals surface area contributed by atoms with Crippen molar-refractivity contribution in [2.75, 3.05) is 13.7 Å². The summed E-state index contributed by atoms with van der Waals surface area (Å²) in [4.78, 5) is 24.1. The molecule has 0 aromatic heterocycles. The largest absolute Gasteiger partial charge is 0.469 e. The second-order valence-corrected chi connectivity index (χ2v) is 6.55. The summed E-state index contributed by atoms with van der Waals surface area (Å²) < 4.78 is 4.86. The maximum atomic E-state index is 12.1. The van der Waals surface area contributed by atoms with Crippen molar-refractivity contribution in [2.24, 2.45) is 11.3 Å². The maximum Gasteiger partial charge on any atom is 0.310 e. The average Bonchev–Trinajstić information content (AvgIpc) is 2.63. The summed E-state index contributed by atoms with van der Waals surface area (Å²) in [5.41, 5.74) is -0.147. The second kappa shape index (κ2) is 7.80. The van der Waals surface area contributed by atoms with E-state index in [4.69, 9.17) is 10.00 Å². The number of nitriles is 1. The van der Waals surface area contributed by atoms with Gasteiger partial charge in [-0.3, -0.25) is 9.59 Å². The van der Waals surface area contributed by atoms with Crippen LogP contribution in [-0.4, -0.2) is 25.5 Å². The first-order valence-corrected chi connectivity index (χ1v) is 8.12. The molecule has 1 N–H and O–H groups in total. The lowest BCUT2D eigenvalue weighted by Gasteiger charge is -2.19. The van der Waals surface area contributed by atoms with Crippen molar-refractivity contribution < 1.29 is 14.3 Å². The van der Waals surface area contributed by atoms with Gasteiger partial charge in [0.25, 0.3) is 0 Å². The molecule has 2 rings (SSSR count). The van der Waals surface area contributed by atoms with E-state index in [0.29, 0.717) is 6.42 Å². The van der Waals surface area contributed by atoms with E-state index in [9.17, 15) is 9.59 Å². The Morgan fingerprint density at radius 1 is 1.20 bits per heavy atom. The number of hydrogen-bond acceptors (Lipinski definition) is 4. The highest BCUT2D eigenvalue weighted by Gasteiger charge is 2.29. The first-order chi connectivity index (χ1) is 11.9. The van der Waals surface area contributed by atoms with E-state index in [1.165, 1.54) is 7.11 Å². The summed E-state index contributed by atoms with van der Waals surface area (Å²) in [6.45, 7) is 3.21. The van der Waals surface area contributed by atoms with Gasteiger partial charge in [0, 0.05) is 6.54 Å². The fourth-order valence-electron chi connectivity index (χ4n) is 2.54. The summed E-state index contributed by atoms with van der Waals surface area (Å²) in [5.74, 6) is -1.30. The Labute approximate surface area is 147 Å². The van der Waals surface area contributed by atoms with Gasteiger partial charge in [0.2, 0.25) is 5.91 Å². The zero-order chi connectivity index (χ0) is 18.4. The standard InChI is InChI=1S/C20H22N2O3/c1-20(2,13-21)19(24)22-12-17(18(23)25-3)11-14-8-9-15-6-4-5-7-16(15)10-14/h4-10,17H,11-12H2,1-3H3,(H,22,24). The number of ether oxygens (including phenoxy) is 1. The summed E-state index contributed by atoms with van der Waals surface area (Å²) in [5, 5.41) is 13.9. The molecule has 0 aliphatic rings. The van der Waals surface area contributed by atoms with Crippen molar-refractivity contribution in [2.45, 2.75) is 20.3 Å². The zero-order valence-electron chi connectivity index (χ0n) is 14.7. The van der Waals surface area contributed by atoms with Crippen LogP contribution in [0.25, 0.3) is 10.8 Å². The molecule has 5 nitrogen and oxygen atoms in total. The van der Waals surface area contributed by atoms with Gasteiger partial charge in [0.05, 0.1) is 19.1 Å². The van der Waals surface area contributed by atoms with Crippen LogP contribution in [0.4, 0.5) is 0 Å². The SMILES string of the molecule is COC(=O)C(CNC(=O)C(C)(C)C#N)Cc1ccc2ccccc2c1. The topological polar surface area (TPSA) is 79.2 Å².